The number of carbonyl (C=O) groups is 2. The van der Waals surface area contributed by atoms with Gasteiger partial charge in [0.25, 0.3) is 5.69 Å². The number of carbonyl (C=O) groups excluding carboxylic acids is 2. The number of fused-ring (bicyclic) bond motifs is 1. The Bertz CT molecular complexity index is 1010. The van der Waals surface area contributed by atoms with Gasteiger partial charge in [-0.1, -0.05) is 6.07 Å². The smallest absolute Gasteiger partial charge is 0.326 e. The molecule has 2 N–H and O–H groups in total. The molecule has 11 heteroatoms. The molecule has 2 aromatic rings. The fourth-order valence-electron chi connectivity index (χ4n) is 2.73. The first kappa shape index (κ1) is 20.6. The van der Waals surface area contributed by atoms with Gasteiger partial charge in [0.1, 0.15) is 0 Å². The zero-order valence-electron chi connectivity index (χ0n) is 14.9. The van der Waals surface area contributed by atoms with Crippen molar-refractivity contribution in [3.63, 3.8) is 0 Å². The molecule has 0 saturated carbocycles. The summed E-state index contributed by atoms with van der Waals surface area (Å²) in [7, 11) is 0. The molecule has 152 valence electrons. The molecule has 2 amide bonds. The number of hydrogen-bond donors (Lipinski definition) is 2. The predicted octanol–water partition coefficient (Wildman–Crippen LogP) is 4.36. The third-order valence-electron chi connectivity index (χ3n) is 4.19. The molecule has 7 nitrogen and oxygen atoms in total. The van der Waals surface area contributed by atoms with Crippen LogP contribution in [0.2, 0.25) is 0 Å². The molecule has 0 fully saturated rings. The summed E-state index contributed by atoms with van der Waals surface area (Å²) in [4.78, 5) is 35.3. The fourth-order valence-corrected chi connectivity index (χ4v) is 3.82. The van der Waals surface area contributed by atoms with Crippen LogP contribution in [-0.2, 0) is 15.8 Å². The van der Waals surface area contributed by atoms with Crippen molar-refractivity contribution in [3.05, 3.63) is 57.6 Å². The number of thioether (sulfide) groups is 1. The zero-order valence-corrected chi connectivity index (χ0v) is 15.7. The average Bonchev–Trinajstić information content (AvgIpc) is 2.62. The van der Waals surface area contributed by atoms with Crippen LogP contribution in [0.3, 0.4) is 0 Å². The molecule has 0 radical (unpaired) electrons. The van der Waals surface area contributed by atoms with Crippen molar-refractivity contribution in [1.82, 2.24) is 0 Å². The number of nitrogens with one attached hydrogen (secondary N) is 2. The standard InChI is InChI=1S/C18H14F3N3O4S/c1-9-2-4-11(7-13(9)24(27)28)22-16(25)8-15-17(26)23-12-6-10(18(19,20)21)3-5-14(12)29-15/h2-7,15H,8H2,1H3,(H,22,25)(H,23,26)/t15-/m0/s1. The first-order valence-electron chi connectivity index (χ1n) is 8.28. The molecule has 1 heterocycles. The number of rotatable bonds is 4. The highest BCUT2D eigenvalue weighted by molar-refractivity contribution is 8.01. The van der Waals surface area contributed by atoms with E-state index in [0.717, 1.165) is 23.9 Å². The maximum atomic E-state index is 12.8. The van der Waals surface area contributed by atoms with E-state index in [4.69, 9.17) is 0 Å². The van der Waals surface area contributed by atoms with Crippen molar-refractivity contribution in [2.45, 2.75) is 29.7 Å². The number of aryl methyl sites for hydroxylation is 1. The lowest BCUT2D eigenvalue weighted by molar-refractivity contribution is -0.385. The number of benzene rings is 2. The summed E-state index contributed by atoms with van der Waals surface area (Å²) in [6.07, 6.45) is -4.78. The minimum atomic E-state index is -4.53. The van der Waals surface area contributed by atoms with Gasteiger partial charge in [0.15, 0.2) is 0 Å². The van der Waals surface area contributed by atoms with E-state index in [1.54, 1.807) is 6.92 Å². The zero-order chi connectivity index (χ0) is 21.3. The summed E-state index contributed by atoms with van der Waals surface area (Å²) in [5.74, 6) is -1.14. The molecular formula is C18H14F3N3O4S. The topological polar surface area (TPSA) is 101 Å². The number of nitrogens with zero attached hydrogens (tertiary/aromatic N) is 1. The van der Waals surface area contributed by atoms with Gasteiger partial charge in [0.05, 0.1) is 21.4 Å². The van der Waals surface area contributed by atoms with Crippen LogP contribution < -0.4 is 10.6 Å². The monoisotopic (exact) mass is 425 g/mol. The van der Waals surface area contributed by atoms with Crippen molar-refractivity contribution in [2.24, 2.45) is 0 Å². The quantitative estimate of drug-likeness (QED) is 0.560. The summed E-state index contributed by atoms with van der Waals surface area (Å²) in [5.41, 5.74) is -0.342. The predicted molar refractivity (Wildman–Crippen MR) is 101 cm³/mol. The second-order valence-electron chi connectivity index (χ2n) is 6.32. The number of nitro groups is 1. The molecule has 1 aliphatic heterocycles. The van der Waals surface area contributed by atoms with E-state index in [1.165, 1.54) is 24.3 Å². The van der Waals surface area contributed by atoms with E-state index in [1.807, 2.05) is 0 Å². The molecule has 2 aromatic carbocycles. The minimum absolute atomic E-state index is 0.0423. The maximum Gasteiger partial charge on any atom is 0.416 e. The van der Waals surface area contributed by atoms with Crippen molar-refractivity contribution in [2.75, 3.05) is 10.6 Å². The molecule has 29 heavy (non-hydrogen) atoms. The highest BCUT2D eigenvalue weighted by atomic mass is 32.2. The number of hydrogen-bond acceptors (Lipinski definition) is 5. The molecule has 0 bridgehead atoms. The van der Waals surface area contributed by atoms with Crippen molar-refractivity contribution < 1.29 is 27.7 Å². The fraction of sp³-hybridized carbons (Fsp3) is 0.222. The van der Waals surface area contributed by atoms with E-state index in [2.05, 4.69) is 10.6 Å². The van der Waals surface area contributed by atoms with E-state index < -0.39 is 33.7 Å². The SMILES string of the molecule is Cc1ccc(NC(=O)C[C@@H]2Sc3ccc(C(F)(F)F)cc3NC2=O)cc1[N+](=O)[O-]. The molecule has 3 rings (SSSR count). The van der Waals surface area contributed by atoms with Gasteiger partial charge >= 0.3 is 6.18 Å². The maximum absolute atomic E-state index is 12.8. The molecule has 1 atom stereocenters. The minimum Gasteiger partial charge on any atom is -0.326 e. The average molecular weight is 425 g/mol. The highest BCUT2D eigenvalue weighted by Gasteiger charge is 2.34. The molecule has 0 aromatic heterocycles. The summed E-state index contributed by atoms with van der Waals surface area (Å²) in [5, 5.41) is 15.0. The number of halogens is 3. The van der Waals surface area contributed by atoms with Gasteiger partial charge < -0.3 is 10.6 Å². The van der Waals surface area contributed by atoms with Crippen molar-refractivity contribution in [1.29, 1.82) is 0 Å². The number of alkyl halides is 3. The molecule has 0 saturated heterocycles. The molecular weight excluding hydrogens is 411 g/mol. The first-order chi connectivity index (χ1) is 13.5. The summed E-state index contributed by atoms with van der Waals surface area (Å²) in [6.45, 7) is 1.56. The Morgan fingerprint density at radius 1 is 1.28 bits per heavy atom. The van der Waals surface area contributed by atoms with E-state index in [9.17, 15) is 32.9 Å². The van der Waals surface area contributed by atoms with E-state index >= 15 is 0 Å². The Balaban J connectivity index is 1.70. The van der Waals surface area contributed by atoms with Crippen LogP contribution in [0.4, 0.5) is 30.2 Å². The lowest BCUT2D eigenvalue weighted by Crippen LogP contribution is -2.32. The number of amides is 2. The second-order valence-corrected chi connectivity index (χ2v) is 7.56. The van der Waals surface area contributed by atoms with Crippen molar-refractivity contribution in [3.8, 4) is 0 Å². The molecule has 0 spiro atoms. The number of nitro benzene ring substituents is 1. The lowest BCUT2D eigenvalue weighted by atomic mass is 10.1. The van der Waals surface area contributed by atoms with Gasteiger partial charge in [-0.05, 0) is 31.2 Å². The molecule has 1 aliphatic rings. The lowest BCUT2D eigenvalue weighted by Gasteiger charge is -2.24. The molecule has 0 unspecified atom stereocenters. The number of anilines is 2. The highest BCUT2D eigenvalue weighted by Crippen LogP contribution is 2.40. The van der Waals surface area contributed by atoms with E-state index in [0.29, 0.717) is 10.5 Å². The summed E-state index contributed by atoms with van der Waals surface area (Å²) < 4.78 is 38.4. The van der Waals surface area contributed by atoms with Gasteiger partial charge in [-0.3, -0.25) is 19.7 Å². The summed E-state index contributed by atoms with van der Waals surface area (Å²) in [6, 6.07) is 7.21. The first-order valence-corrected chi connectivity index (χ1v) is 9.16. The van der Waals surface area contributed by atoms with Crippen LogP contribution in [0.1, 0.15) is 17.5 Å². The van der Waals surface area contributed by atoms with Crippen LogP contribution in [0.25, 0.3) is 0 Å². The van der Waals surface area contributed by atoms with Gasteiger partial charge in [-0.25, -0.2) is 0 Å². The van der Waals surface area contributed by atoms with Crippen LogP contribution in [-0.4, -0.2) is 22.0 Å². The Kier molecular flexibility index (Phi) is 5.51. The van der Waals surface area contributed by atoms with Gasteiger partial charge in [-0.15, -0.1) is 11.8 Å². The third kappa shape index (κ3) is 4.67. The second kappa shape index (κ2) is 7.74. The normalized spacial score (nSPS) is 16.0. The van der Waals surface area contributed by atoms with Gasteiger partial charge in [-0.2, -0.15) is 13.2 Å². The van der Waals surface area contributed by atoms with E-state index in [-0.39, 0.29) is 23.5 Å². The Hall–Kier alpha value is -3.08. The molecule has 0 aliphatic carbocycles. The largest absolute Gasteiger partial charge is 0.416 e. The van der Waals surface area contributed by atoms with Crippen LogP contribution in [0, 0.1) is 17.0 Å². The van der Waals surface area contributed by atoms with Crippen LogP contribution in [0.5, 0.6) is 0 Å². The Morgan fingerprint density at radius 3 is 2.66 bits per heavy atom. The third-order valence-corrected chi connectivity index (χ3v) is 5.46. The summed E-state index contributed by atoms with van der Waals surface area (Å²) >= 11 is 0.985. The van der Waals surface area contributed by atoms with Crippen LogP contribution in [0.15, 0.2) is 41.3 Å². The van der Waals surface area contributed by atoms with Crippen molar-refractivity contribution >= 4 is 40.6 Å². The van der Waals surface area contributed by atoms with Gasteiger partial charge in [0, 0.05) is 28.6 Å². The Labute approximate surface area is 166 Å². The van der Waals surface area contributed by atoms with Crippen LogP contribution >= 0.6 is 11.8 Å². The Morgan fingerprint density at radius 2 is 2.00 bits per heavy atom. The van der Waals surface area contributed by atoms with Gasteiger partial charge in [0.2, 0.25) is 11.8 Å².